The fourth-order valence-corrected chi connectivity index (χ4v) is 1.66. The summed E-state index contributed by atoms with van der Waals surface area (Å²) in [4.78, 5) is 11.7. The Bertz CT molecular complexity index is 380. The van der Waals surface area contributed by atoms with Crippen LogP contribution in [0, 0.1) is 5.82 Å². The van der Waals surface area contributed by atoms with Crippen LogP contribution >= 0.6 is 23.2 Å². The van der Waals surface area contributed by atoms with Gasteiger partial charge in [-0.25, -0.2) is 4.39 Å². The van der Waals surface area contributed by atoms with Crippen LogP contribution in [0.1, 0.15) is 23.7 Å². The second-order valence-corrected chi connectivity index (χ2v) is 4.05. The molecule has 2 nitrogen and oxygen atoms in total. The van der Waals surface area contributed by atoms with Crippen molar-refractivity contribution < 1.29 is 9.18 Å². The second-order valence-electron chi connectivity index (χ2n) is 3.33. The number of carbonyl (C=O) groups excluding carboxylic acids is 1. The fourth-order valence-electron chi connectivity index (χ4n) is 1.19. The van der Waals surface area contributed by atoms with E-state index in [0.717, 1.165) is 0 Å². The molecular weight excluding hydrogens is 252 g/mol. The normalized spacial score (nSPS) is 12.2. The molecule has 1 amide bonds. The number of hydrogen-bond acceptors (Lipinski definition) is 1. The van der Waals surface area contributed by atoms with E-state index >= 15 is 0 Å². The van der Waals surface area contributed by atoms with Crippen LogP contribution in [-0.2, 0) is 0 Å². The lowest BCUT2D eigenvalue weighted by atomic mass is 10.1. The Morgan fingerprint density at radius 2 is 2.25 bits per heavy atom. The zero-order chi connectivity index (χ0) is 12.1. The summed E-state index contributed by atoms with van der Waals surface area (Å²) >= 11 is 11.2. The first kappa shape index (κ1) is 13.3. The van der Waals surface area contributed by atoms with Gasteiger partial charge in [-0.1, -0.05) is 24.6 Å². The quantitative estimate of drug-likeness (QED) is 0.831. The smallest absolute Gasteiger partial charge is 0.254 e. The molecule has 5 heteroatoms. The molecule has 0 saturated carbocycles. The molecule has 0 heterocycles. The van der Waals surface area contributed by atoms with Gasteiger partial charge in [0, 0.05) is 11.9 Å². The molecule has 1 atom stereocenters. The number of carbonyl (C=O) groups is 1. The van der Waals surface area contributed by atoms with E-state index in [2.05, 4.69) is 5.32 Å². The SMILES string of the molecule is CCC(CCl)NC(=O)c1cccc(Cl)c1F. The van der Waals surface area contributed by atoms with Crippen molar-refractivity contribution in [1.82, 2.24) is 5.32 Å². The second kappa shape index (κ2) is 6.06. The number of rotatable bonds is 4. The molecule has 0 radical (unpaired) electrons. The van der Waals surface area contributed by atoms with E-state index in [1.54, 1.807) is 0 Å². The third-order valence-electron chi connectivity index (χ3n) is 2.21. The van der Waals surface area contributed by atoms with E-state index in [0.29, 0.717) is 12.3 Å². The van der Waals surface area contributed by atoms with E-state index in [1.165, 1.54) is 18.2 Å². The van der Waals surface area contributed by atoms with Crippen LogP contribution in [0.2, 0.25) is 5.02 Å². The highest BCUT2D eigenvalue weighted by atomic mass is 35.5. The number of benzene rings is 1. The van der Waals surface area contributed by atoms with Crippen molar-refractivity contribution >= 4 is 29.1 Å². The van der Waals surface area contributed by atoms with Gasteiger partial charge in [-0.3, -0.25) is 4.79 Å². The summed E-state index contributed by atoms with van der Waals surface area (Å²) in [5.41, 5.74) is -0.0592. The van der Waals surface area contributed by atoms with Crippen molar-refractivity contribution in [1.29, 1.82) is 0 Å². The zero-order valence-corrected chi connectivity index (χ0v) is 10.3. The van der Waals surface area contributed by atoms with E-state index in [4.69, 9.17) is 23.2 Å². The molecule has 1 N–H and O–H groups in total. The highest BCUT2D eigenvalue weighted by molar-refractivity contribution is 6.31. The minimum Gasteiger partial charge on any atom is -0.348 e. The zero-order valence-electron chi connectivity index (χ0n) is 8.77. The molecule has 16 heavy (non-hydrogen) atoms. The number of alkyl halides is 1. The molecule has 88 valence electrons. The maximum absolute atomic E-state index is 13.5. The summed E-state index contributed by atoms with van der Waals surface area (Å²) in [7, 11) is 0. The molecule has 0 aliphatic heterocycles. The van der Waals surface area contributed by atoms with Crippen molar-refractivity contribution in [2.24, 2.45) is 0 Å². The van der Waals surface area contributed by atoms with Crippen LogP contribution in [0.15, 0.2) is 18.2 Å². The molecule has 0 aromatic heterocycles. The van der Waals surface area contributed by atoms with Crippen molar-refractivity contribution in [2.45, 2.75) is 19.4 Å². The molecular formula is C11H12Cl2FNO. The summed E-state index contributed by atoms with van der Waals surface area (Å²) < 4.78 is 13.5. The Morgan fingerprint density at radius 1 is 1.56 bits per heavy atom. The van der Waals surface area contributed by atoms with Gasteiger partial charge in [0.2, 0.25) is 0 Å². The molecule has 0 aliphatic rings. The summed E-state index contributed by atoms with van der Waals surface area (Å²) in [6, 6.07) is 4.15. The van der Waals surface area contributed by atoms with E-state index in [-0.39, 0.29) is 16.6 Å². The molecule has 0 spiro atoms. The van der Waals surface area contributed by atoms with Gasteiger partial charge in [0.25, 0.3) is 5.91 Å². The topological polar surface area (TPSA) is 29.1 Å². The maximum Gasteiger partial charge on any atom is 0.254 e. The monoisotopic (exact) mass is 263 g/mol. The third kappa shape index (κ3) is 3.09. The molecule has 0 aliphatic carbocycles. The molecule has 0 saturated heterocycles. The average molecular weight is 264 g/mol. The van der Waals surface area contributed by atoms with Gasteiger partial charge in [0.15, 0.2) is 5.82 Å². The van der Waals surface area contributed by atoms with Gasteiger partial charge in [0.05, 0.1) is 10.6 Å². The van der Waals surface area contributed by atoms with Gasteiger partial charge in [-0.05, 0) is 18.6 Å². The van der Waals surface area contributed by atoms with Crippen LogP contribution in [0.4, 0.5) is 4.39 Å². The molecule has 0 fully saturated rings. The standard InChI is InChI=1S/C11H12Cl2FNO/c1-2-7(6-12)15-11(16)8-4-3-5-9(13)10(8)14/h3-5,7H,2,6H2,1H3,(H,15,16). The first-order chi connectivity index (χ1) is 7.60. The van der Waals surface area contributed by atoms with Crippen molar-refractivity contribution in [3.63, 3.8) is 0 Å². The predicted molar refractivity (Wildman–Crippen MR) is 63.7 cm³/mol. The van der Waals surface area contributed by atoms with Crippen LogP contribution in [0.5, 0.6) is 0 Å². The summed E-state index contributed by atoms with van der Waals surface area (Å²) in [5, 5.41) is 2.57. The first-order valence-corrected chi connectivity index (χ1v) is 5.82. The van der Waals surface area contributed by atoms with E-state index in [9.17, 15) is 9.18 Å². The Kier molecular flexibility index (Phi) is 5.03. The molecule has 1 aromatic carbocycles. The van der Waals surface area contributed by atoms with Crippen molar-refractivity contribution in [3.8, 4) is 0 Å². The molecule has 1 aromatic rings. The number of hydrogen-bond donors (Lipinski definition) is 1. The molecule has 1 unspecified atom stereocenters. The van der Waals surface area contributed by atoms with Gasteiger partial charge in [0.1, 0.15) is 0 Å². The van der Waals surface area contributed by atoms with Crippen LogP contribution in [0.25, 0.3) is 0 Å². The number of amides is 1. The van der Waals surface area contributed by atoms with E-state index < -0.39 is 11.7 Å². The maximum atomic E-state index is 13.5. The number of nitrogens with one attached hydrogen (secondary N) is 1. The molecule has 0 bridgehead atoms. The fraction of sp³-hybridized carbons (Fsp3) is 0.364. The van der Waals surface area contributed by atoms with Gasteiger partial charge < -0.3 is 5.32 Å². The van der Waals surface area contributed by atoms with Crippen LogP contribution in [0.3, 0.4) is 0 Å². The van der Waals surface area contributed by atoms with Gasteiger partial charge in [-0.2, -0.15) is 0 Å². The Balaban J connectivity index is 2.84. The Morgan fingerprint density at radius 3 is 2.81 bits per heavy atom. The first-order valence-electron chi connectivity index (χ1n) is 4.91. The minimum absolute atomic E-state index is 0.0592. The van der Waals surface area contributed by atoms with Crippen molar-refractivity contribution in [2.75, 3.05) is 5.88 Å². The highest BCUT2D eigenvalue weighted by Crippen LogP contribution is 2.17. The predicted octanol–water partition coefficient (Wildman–Crippen LogP) is 3.23. The van der Waals surface area contributed by atoms with Gasteiger partial charge in [-0.15, -0.1) is 11.6 Å². The van der Waals surface area contributed by atoms with Crippen LogP contribution < -0.4 is 5.32 Å². The minimum atomic E-state index is -0.703. The largest absolute Gasteiger partial charge is 0.348 e. The lowest BCUT2D eigenvalue weighted by molar-refractivity contribution is 0.0935. The Hall–Kier alpha value is -0.800. The lowest BCUT2D eigenvalue weighted by Crippen LogP contribution is -2.36. The lowest BCUT2D eigenvalue weighted by Gasteiger charge is -2.14. The molecule has 1 rings (SSSR count). The summed E-state index contributed by atoms with van der Waals surface area (Å²) in [6.45, 7) is 1.89. The Labute approximate surface area is 104 Å². The van der Waals surface area contributed by atoms with Gasteiger partial charge >= 0.3 is 0 Å². The van der Waals surface area contributed by atoms with Crippen LogP contribution in [-0.4, -0.2) is 17.8 Å². The van der Waals surface area contributed by atoms with E-state index in [1.807, 2.05) is 6.92 Å². The summed E-state index contributed by atoms with van der Waals surface area (Å²) in [6.07, 6.45) is 0.692. The summed E-state index contributed by atoms with van der Waals surface area (Å²) in [5.74, 6) is -0.900. The number of halogens is 3. The van der Waals surface area contributed by atoms with Crippen molar-refractivity contribution in [3.05, 3.63) is 34.6 Å². The third-order valence-corrected chi connectivity index (χ3v) is 2.87. The average Bonchev–Trinajstić information content (AvgIpc) is 2.29. The highest BCUT2D eigenvalue weighted by Gasteiger charge is 2.16.